The van der Waals surface area contributed by atoms with Crippen molar-refractivity contribution in [1.82, 2.24) is 15.5 Å². The van der Waals surface area contributed by atoms with Crippen LogP contribution in [0.2, 0.25) is 0 Å². The predicted octanol–water partition coefficient (Wildman–Crippen LogP) is 1.43. The summed E-state index contributed by atoms with van der Waals surface area (Å²) in [5.74, 6) is 1.42. The largest absolute Gasteiger partial charge is 0.497 e. The van der Waals surface area contributed by atoms with Crippen molar-refractivity contribution < 1.29 is 9.15 Å². The third-order valence-corrected chi connectivity index (χ3v) is 2.66. The number of hydrogen-bond acceptors (Lipinski definition) is 6. The van der Waals surface area contributed by atoms with Crippen molar-refractivity contribution in [3.8, 4) is 5.75 Å². The Morgan fingerprint density at radius 1 is 1.37 bits per heavy atom. The zero-order valence-corrected chi connectivity index (χ0v) is 11.4. The van der Waals surface area contributed by atoms with Gasteiger partial charge < -0.3 is 19.4 Å². The monoisotopic (exact) mass is 262 g/mol. The van der Waals surface area contributed by atoms with Crippen molar-refractivity contribution in [2.45, 2.75) is 13.1 Å². The molecule has 0 spiro atoms. The van der Waals surface area contributed by atoms with Crippen LogP contribution in [0.4, 0.5) is 6.01 Å². The van der Waals surface area contributed by atoms with Gasteiger partial charge in [0.25, 0.3) is 0 Å². The van der Waals surface area contributed by atoms with Crippen molar-refractivity contribution in [3.05, 3.63) is 35.7 Å². The lowest BCUT2D eigenvalue weighted by Crippen LogP contribution is -2.16. The van der Waals surface area contributed by atoms with Crippen molar-refractivity contribution in [2.75, 3.05) is 26.1 Å². The van der Waals surface area contributed by atoms with Crippen LogP contribution < -0.4 is 15.0 Å². The molecule has 0 fully saturated rings. The van der Waals surface area contributed by atoms with Gasteiger partial charge >= 0.3 is 6.01 Å². The molecule has 1 heterocycles. The highest BCUT2D eigenvalue weighted by Gasteiger charge is 2.10. The van der Waals surface area contributed by atoms with E-state index in [9.17, 15) is 0 Å². The SMILES string of the molecule is CNCc1nnc(N(C)Cc2cccc(OC)c2)o1. The average molecular weight is 262 g/mol. The molecule has 6 heteroatoms. The molecule has 1 aromatic heterocycles. The summed E-state index contributed by atoms with van der Waals surface area (Å²) in [6, 6.07) is 8.41. The zero-order chi connectivity index (χ0) is 13.7. The molecule has 1 N–H and O–H groups in total. The van der Waals surface area contributed by atoms with Crippen molar-refractivity contribution in [1.29, 1.82) is 0 Å². The Morgan fingerprint density at radius 2 is 2.21 bits per heavy atom. The zero-order valence-electron chi connectivity index (χ0n) is 11.4. The second kappa shape index (κ2) is 6.19. The number of benzene rings is 1. The molecule has 6 nitrogen and oxygen atoms in total. The van der Waals surface area contributed by atoms with Crippen LogP contribution in [0.15, 0.2) is 28.7 Å². The van der Waals surface area contributed by atoms with E-state index in [0.29, 0.717) is 25.0 Å². The lowest BCUT2D eigenvalue weighted by molar-refractivity contribution is 0.414. The molecule has 0 aliphatic rings. The summed E-state index contributed by atoms with van der Waals surface area (Å²) in [5, 5.41) is 10.9. The first kappa shape index (κ1) is 13.4. The summed E-state index contributed by atoms with van der Waals surface area (Å²) in [5.41, 5.74) is 1.12. The van der Waals surface area contributed by atoms with Gasteiger partial charge in [-0.3, -0.25) is 0 Å². The van der Waals surface area contributed by atoms with Crippen LogP contribution in [0.25, 0.3) is 0 Å². The van der Waals surface area contributed by atoms with Gasteiger partial charge in [-0.1, -0.05) is 17.2 Å². The normalized spacial score (nSPS) is 10.5. The molecule has 0 saturated heterocycles. The van der Waals surface area contributed by atoms with Crippen molar-refractivity contribution >= 4 is 6.01 Å². The van der Waals surface area contributed by atoms with Gasteiger partial charge in [0.05, 0.1) is 13.7 Å². The fourth-order valence-corrected chi connectivity index (χ4v) is 1.73. The molecule has 0 unspecified atom stereocenters. The second-order valence-electron chi connectivity index (χ2n) is 4.22. The fourth-order valence-electron chi connectivity index (χ4n) is 1.73. The Bertz CT molecular complexity index is 527. The molecule has 1 aromatic carbocycles. The van der Waals surface area contributed by atoms with Crippen LogP contribution in [0, 0.1) is 0 Å². The van der Waals surface area contributed by atoms with Crippen molar-refractivity contribution in [2.24, 2.45) is 0 Å². The van der Waals surface area contributed by atoms with Crippen LogP contribution in [0.3, 0.4) is 0 Å². The van der Waals surface area contributed by atoms with E-state index in [1.165, 1.54) is 0 Å². The lowest BCUT2D eigenvalue weighted by atomic mass is 10.2. The van der Waals surface area contributed by atoms with Crippen LogP contribution in [-0.4, -0.2) is 31.4 Å². The van der Waals surface area contributed by atoms with Gasteiger partial charge in [-0.25, -0.2) is 0 Å². The highest BCUT2D eigenvalue weighted by Crippen LogP contribution is 2.17. The molecule has 0 bridgehead atoms. The summed E-state index contributed by atoms with van der Waals surface area (Å²) >= 11 is 0. The van der Waals surface area contributed by atoms with Crippen LogP contribution in [-0.2, 0) is 13.1 Å². The fraction of sp³-hybridized carbons (Fsp3) is 0.385. The maximum atomic E-state index is 5.52. The standard InChI is InChI=1S/C13H18N4O2/c1-14-8-12-15-16-13(19-12)17(2)9-10-5-4-6-11(7-10)18-3/h4-7,14H,8-9H2,1-3H3. The topological polar surface area (TPSA) is 63.4 Å². The summed E-state index contributed by atoms with van der Waals surface area (Å²) in [7, 11) is 5.41. The van der Waals surface area contributed by atoms with E-state index in [4.69, 9.17) is 9.15 Å². The van der Waals surface area contributed by atoms with Gasteiger partial charge in [0.1, 0.15) is 5.75 Å². The minimum absolute atomic E-state index is 0.507. The minimum atomic E-state index is 0.507. The molecule has 0 saturated carbocycles. The Labute approximate surface area is 112 Å². The molecular formula is C13H18N4O2. The Hall–Kier alpha value is -2.08. The van der Waals surface area contributed by atoms with E-state index in [-0.39, 0.29) is 0 Å². The number of anilines is 1. The Morgan fingerprint density at radius 3 is 2.95 bits per heavy atom. The first-order valence-corrected chi connectivity index (χ1v) is 6.04. The number of ether oxygens (including phenoxy) is 1. The molecule has 2 rings (SSSR count). The minimum Gasteiger partial charge on any atom is -0.497 e. The molecule has 0 aliphatic heterocycles. The van der Waals surface area contributed by atoms with Gasteiger partial charge in [0.15, 0.2) is 0 Å². The third-order valence-electron chi connectivity index (χ3n) is 2.66. The second-order valence-corrected chi connectivity index (χ2v) is 4.22. The van der Waals surface area contributed by atoms with Gasteiger partial charge in [-0.15, -0.1) is 5.10 Å². The summed E-state index contributed by atoms with van der Waals surface area (Å²) in [6.45, 7) is 1.25. The number of methoxy groups -OCH3 is 1. The van der Waals surface area contributed by atoms with Crippen molar-refractivity contribution in [3.63, 3.8) is 0 Å². The Balaban J connectivity index is 2.04. The van der Waals surface area contributed by atoms with E-state index in [1.807, 2.05) is 43.3 Å². The quantitative estimate of drug-likeness (QED) is 0.849. The number of hydrogen-bond donors (Lipinski definition) is 1. The van der Waals surface area contributed by atoms with Crippen LogP contribution in [0.5, 0.6) is 5.75 Å². The predicted molar refractivity (Wildman–Crippen MR) is 72.2 cm³/mol. The smallest absolute Gasteiger partial charge is 0.318 e. The Kier molecular flexibility index (Phi) is 4.35. The number of rotatable bonds is 6. The molecule has 19 heavy (non-hydrogen) atoms. The van der Waals surface area contributed by atoms with Gasteiger partial charge in [-0.05, 0) is 24.7 Å². The summed E-state index contributed by atoms with van der Waals surface area (Å²) in [6.07, 6.45) is 0. The van der Waals surface area contributed by atoms with Gasteiger partial charge in [-0.2, -0.15) is 0 Å². The van der Waals surface area contributed by atoms with E-state index in [0.717, 1.165) is 11.3 Å². The molecular weight excluding hydrogens is 244 g/mol. The number of aromatic nitrogens is 2. The first-order valence-electron chi connectivity index (χ1n) is 6.04. The van der Waals surface area contributed by atoms with E-state index in [1.54, 1.807) is 7.11 Å². The van der Waals surface area contributed by atoms with Gasteiger partial charge in [0.2, 0.25) is 5.89 Å². The molecule has 0 atom stereocenters. The molecule has 0 amide bonds. The maximum absolute atomic E-state index is 5.52. The maximum Gasteiger partial charge on any atom is 0.318 e. The molecule has 102 valence electrons. The van der Waals surface area contributed by atoms with E-state index in [2.05, 4.69) is 15.5 Å². The highest BCUT2D eigenvalue weighted by molar-refractivity contribution is 5.32. The molecule has 0 aliphatic carbocycles. The first-order chi connectivity index (χ1) is 9.22. The third kappa shape index (κ3) is 3.45. The summed E-state index contributed by atoms with van der Waals surface area (Å²) in [4.78, 5) is 1.90. The number of nitrogens with zero attached hydrogens (tertiary/aromatic N) is 3. The molecule has 0 radical (unpaired) electrons. The van der Waals surface area contributed by atoms with Gasteiger partial charge in [0, 0.05) is 13.6 Å². The average Bonchev–Trinajstić information content (AvgIpc) is 2.88. The lowest BCUT2D eigenvalue weighted by Gasteiger charge is -2.14. The molecule has 2 aromatic rings. The summed E-state index contributed by atoms with van der Waals surface area (Å²) < 4.78 is 10.7. The van der Waals surface area contributed by atoms with E-state index < -0.39 is 0 Å². The van der Waals surface area contributed by atoms with Crippen LogP contribution >= 0.6 is 0 Å². The highest BCUT2D eigenvalue weighted by atomic mass is 16.5. The van der Waals surface area contributed by atoms with Crippen LogP contribution in [0.1, 0.15) is 11.5 Å². The van der Waals surface area contributed by atoms with E-state index >= 15 is 0 Å². The number of nitrogens with one attached hydrogen (secondary N) is 1.